The minimum absolute atomic E-state index is 0.181. The molecule has 17 heteroatoms. The fourth-order valence-corrected chi connectivity index (χ4v) is 9.13. The number of carbonyl (C=O) groups is 6. The van der Waals surface area contributed by atoms with E-state index in [0.717, 1.165) is 107 Å². The van der Waals surface area contributed by atoms with E-state index in [4.69, 9.17) is 23.7 Å². The zero-order valence-corrected chi connectivity index (χ0v) is 54.5. The molecule has 0 saturated carbocycles. The van der Waals surface area contributed by atoms with E-state index in [9.17, 15) is 28.8 Å². The summed E-state index contributed by atoms with van der Waals surface area (Å²) in [5.74, 6) is 0.250. The molecule has 0 unspecified atom stereocenters. The fraction of sp³-hybridized carbons (Fsp3) is 0.731. The van der Waals surface area contributed by atoms with E-state index in [2.05, 4.69) is 16.0 Å². The molecule has 0 aliphatic carbocycles. The van der Waals surface area contributed by atoms with Crippen LogP contribution in [0.3, 0.4) is 0 Å². The van der Waals surface area contributed by atoms with E-state index >= 15 is 0 Å². The topological polar surface area (TPSA) is 194 Å². The minimum atomic E-state index is -0.764. The highest BCUT2D eigenvalue weighted by molar-refractivity contribution is 5.87. The lowest BCUT2D eigenvalue weighted by Gasteiger charge is -2.28. The van der Waals surface area contributed by atoms with Crippen LogP contribution < -0.4 is 20.7 Å². The van der Waals surface area contributed by atoms with Gasteiger partial charge in [0.15, 0.2) is 0 Å². The molecule has 0 spiro atoms. The number of nitrogens with zero attached hydrogens (tertiary/aromatic N) is 3. The van der Waals surface area contributed by atoms with Gasteiger partial charge in [0.25, 0.3) is 0 Å². The number of alkyl carbamates (subject to hydrolysis) is 1. The lowest BCUT2D eigenvalue weighted by Crippen LogP contribution is -2.48. The average molecular weight is 1180 g/mol. The van der Waals surface area contributed by atoms with Gasteiger partial charge in [0.2, 0.25) is 11.8 Å². The van der Waals surface area contributed by atoms with Crippen molar-refractivity contribution in [1.29, 1.82) is 0 Å². The SMILES string of the molecule is CCCC(=O)N[C@@H](Cc1ccc(OCc2ccccc2)cc1)C(=O)NCCCN(CCCCCCN(CCCCCCCCCCCCN(CCCCCCNC(=O)OC(C)(C)C)C(=O)OC(C)(C)C)C(=O)OC(C)(C)C)C(=O)OC(C)(C)C. The molecular weight excluding hydrogens is 1060 g/mol. The van der Waals surface area contributed by atoms with Crippen molar-refractivity contribution >= 4 is 36.2 Å². The molecule has 0 aliphatic rings. The molecule has 478 valence electrons. The number of nitrogens with one attached hydrogen (secondary N) is 3. The van der Waals surface area contributed by atoms with Crippen LogP contribution in [0.2, 0.25) is 0 Å². The third kappa shape index (κ3) is 39.0. The van der Waals surface area contributed by atoms with Crippen molar-refractivity contribution in [3.8, 4) is 5.75 Å². The second kappa shape index (κ2) is 40.6. The highest BCUT2D eigenvalue weighted by atomic mass is 16.6. The van der Waals surface area contributed by atoms with Gasteiger partial charge in [0.05, 0.1) is 0 Å². The number of rotatable bonds is 40. The summed E-state index contributed by atoms with van der Waals surface area (Å²) in [6, 6.07) is 16.7. The molecule has 3 N–H and O–H groups in total. The van der Waals surface area contributed by atoms with E-state index in [1.54, 1.807) is 4.90 Å². The van der Waals surface area contributed by atoms with Crippen molar-refractivity contribution in [2.45, 2.75) is 266 Å². The first-order chi connectivity index (χ1) is 39.6. The van der Waals surface area contributed by atoms with Crippen LogP contribution in [0, 0.1) is 0 Å². The Morgan fingerprint density at radius 2 is 0.798 bits per heavy atom. The zero-order valence-electron chi connectivity index (χ0n) is 54.5. The molecule has 17 nitrogen and oxygen atoms in total. The number of benzene rings is 2. The van der Waals surface area contributed by atoms with Crippen molar-refractivity contribution < 1.29 is 52.5 Å². The van der Waals surface area contributed by atoms with E-state index in [0.29, 0.717) is 90.4 Å². The predicted octanol–water partition coefficient (Wildman–Crippen LogP) is 14.9. The number of carbonyl (C=O) groups excluding carboxylic acids is 6. The minimum Gasteiger partial charge on any atom is -0.489 e. The average Bonchev–Trinajstić information content (AvgIpc) is 3.49. The quantitative estimate of drug-likeness (QED) is 0.0424. The lowest BCUT2D eigenvalue weighted by molar-refractivity contribution is -0.129. The summed E-state index contributed by atoms with van der Waals surface area (Å²) in [4.78, 5) is 83.3. The molecule has 0 radical (unpaired) electrons. The molecule has 0 aromatic heterocycles. The number of hydrogen-bond donors (Lipinski definition) is 3. The van der Waals surface area contributed by atoms with Crippen LogP contribution in [-0.2, 0) is 41.6 Å². The molecule has 6 amide bonds. The smallest absolute Gasteiger partial charge is 0.410 e. The summed E-state index contributed by atoms with van der Waals surface area (Å²) >= 11 is 0. The third-order valence-corrected chi connectivity index (χ3v) is 13.3. The monoisotopic (exact) mass is 1180 g/mol. The maximum atomic E-state index is 13.6. The van der Waals surface area contributed by atoms with Crippen molar-refractivity contribution in [2.24, 2.45) is 0 Å². The molecule has 0 fully saturated rings. The van der Waals surface area contributed by atoms with Crippen LogP contribution in [0.1, 0.15) is 236 Å². The molecule has 84 heavy (non-hydrogen) atoms. The Hall–Kier alpha value is -5.74. The van der Waals surface area contributed by atoms with Gasteiger partial charge in [-0.05, 0) is 158 Å². The lowest BCUT2D eigenvalue weighted by atomic mass is 10.0. The first-order valence-corrected chi connectivity index (χ1v) is 31.9. The normalized spacial score (nSPS) is 12.2. The van der Waals surface area contributed by atoms with Crippen molar-refractivity contribution in [2.75, 3.05) is 52.4 Å². The number of ether oxygens (including phenoxy) is 5. The van der Waals surface area contributed by atoms with Crippen LogP contribution >= 0.6 is 0 Å². The molecule has 2 aromatic rings. The van der Waals surface area contributed by atoms with Gasteiger partial charge in [-0.2, -0.15) is 0 Å². The Bertz CT molecular complexity index is 2150. The number of amides is 6. The largest absolute Gasteiger partial charge is 0.489 e. The molecule has 2 aromatic carbocycles. The van der Waals surface area contributed by atoms with Crippen molar-refractivity contribution in [1.82, 2.24) is 30.7 Å². The summed E-state index contributed by atoms with van der Waals surface area (Å²) in [5.41, 5.74) is -0.370. The molecule has 0 saturated heterocycles. The molecule has 1 atom stereocenters. The predicted molar refractivity (Wildman–Crippen MR) is 336 cm³/mol. The molecule has 2 rings (SSSR count). The molecule has 0 aliphatic heterocycles. The summed E-state index contributed by atoms with van der Waals surface area (Å²) in [7, 11) is 0. The highest BCUT2D eigenvalue weighted by Gasteiger charge is 2.26. The second-order valence-electron chi connectivity index (χ2n) is 26.3. The Labute approximate surface area is 507 Å². The van der Waals surface area contributed by atoms with Gasteiger partial charge < -0.3 is 54.3 Å². The van der Waals surface area contributed by atoms with Crippen LogP contribution in [0.25, 0.3) is 0 Å². The fourth-order valence-electron chi connectivity index (χ4n) is 9.13. The van der Waals surface area contributed by atoms with Crippen LogP contribution in [-0.4, -0.2) is 132 Å². The Morgan fingerprint density at radius 3 is 1.19 bits per heavy atom. The summed E-state index contributed by atoms with van der Waals surface area (Å²) in [5, 5.41) is 8.73. The van der Waals surface area contributed by atoms with E-state index in [1.807, 2.05) is 154 Å². The van der Waals surface area contributed by atoms with Gasteiger partial charge in [0.1, 0.15) is 40.8 Å². The van der Waals surface area contributed by atoms with Gasteiger partial charge in [-0.1, -0.05) is 126 Å². The van der Waals surface area contributed by atoms with Gasteiger partial charge >= 0.3 is 24.4 Å². The van der Waals surface area contributed by atoms with Gasteiger partial charge in [-0.25, -0.2) is 19.2 Å². The zero-order chi connectivity index (χ0) is 62.4. The van der Waals surface area contributed by atoms with Crippen molar-refractivity contribution in [3.63, 3.8) is 0 Å². The Kier molecular flexibility index (Phi) is 35.9. The van der Waals surface area contributed by atoms with Crippen LogP contribution in [0.5, 0.6) is 5.75 Å². The van der Waals surface area contributed by atoms with Crippen LogP contribution in [0.4, 0.5) is 19.2 Å². The number of hydrogen-bond acceptors (Lipinski definition) is 11. The maximum Gasteiger partial charge on any atom is 0.410 e. The molecule has 0 bridgehead atoms. The van der Waals surface area contributed by atoms with E-state index < -0.39 is 40.6 Å². The first-order valence-electron chi connectivity index (χ1n) is 31.9. The van der Waals surface area contributed by atoms with Gasteiger partial charge in [-0.15, -0.1) is 0 Å². The van der Waals surface area contributed by atoms with Crippen LogP contribution in [0.15, 0.2) is 54.6 Å². The molecule has 0 heterocycles. The summed E-state index contributed by atoms with van der Waals surface area (Å²) in [6.45, 7) is 29.2. The summed E-state index contributed by atoms with van der Waals surface area (Å²) < 4.78 is 28.6. The van der Waals surface area contributed by atoms with Gasteiger partial charge in [0, 0.05) is 65.2 Å². The molecular formula is C67H114N6O11. The summed E-state index contributed by atoms with van der Waals surface area (Å²) in [6.07, 6.45) is 18.4. The van der Waals surface area contributed by atoms with E-state index in [1.165, 1.54) is 19.3 Å². The van der Waals surface area contributed by atoms with E-state index in [-0.39, 0.29) is 24.0 Å². The van der Waals surface area contributed by atoms with Crippen molar-refractivity contribution in [3.05, 3.63) is 65.7 Å². The first kappa shape index (κ1) is 74.4. The maximum absolute atomic E-state index is 13.6. The third-order valence-electron chi connectivity index (χ3n) is 13.3. The highest BCUT2D eigenvalue weighted by Crippen LogP contribution is 2.20. The Morgan fingerprint density at radius 1 is 0.429 bits per heavy atom. The van der Waals surface area contributed by atoms with Gasteiger partial charge in [-0.3, -0.25) is 9.59 Å². The standard InChI is InChI=1S/C67H114N6O11/c1-14-37-58(74)70-57(52-54-40-42-56(43-41-54)80-53-55-38-28-27-29-39-55)59(75)68-45-36-51-73(63(79)84-67(11,12)13)50-35-26-25-34-49-72(62(78)83-66(8,9)10)47-32-23-20-18-16-15-17-19-22-31-46-71(61(77)82-65(5,6)7)48-33-24-21-30-44-69-60(76)81-64(2,3)4/h27-29,38-43,57H,14-26,30-37,44-53H2,1-13H3,(H,68,75)(H,69,76)(H,70,74)/t57-/m0/s1. The Balaban J connectivity index is 1.76. The second-order valence-corrected chi connectivity index (χ2v) is 26.3. The number of unbranched alkanes of at least 4 members (excludes halogenated alkanes) is 15.